The number of carbonyl (C=O) groups excluding carboxylic acids is 1. The van der Waals surface area contributed by atoms with Crippen LogP contribution in [0.4, 0.5) is 0 Å². The first-order valence-corrected chi connectivity index (χ1v) is 6.80. The molecule has 1 rings (SSSR count). The number of ether oxygens (including phenoxy) is 1. The van der Waals surface area contributed by atoms with Crippen LogP contribution in [0.1, 0.15) is 44.2 Å². The van der Waals surface area contributed by atoms with Crippen LogP contribution in [0.15, 0.2) is 24.3 Å². The second kappa shape index (κ2) is 8.53. The van der Waals surface area contributed by atoms with Crippen LogP contribution in [0.5, 0.6) is 5.75 Å². The van der Waals surface area contributed by atoms with E-state index in [1.807, 2.05) is 31.2 Å². The number of hydrogen-bond acceptors (Lipinski definition) is 3. The van der Waals surface area contributed by atoms with E-state index in [9.17, 15) is 4.79 Å². The quantitative estimate of drug-likeness (QED) is 0.709. The molecule has 4 nitrogen and oxygen atoms in total. The van der Waals surface area contributed by atoms with Gasteiger partial charge in [-0.15, -0.1) is 0 Å². The molecule has 3 N–H and O–H groups in total. The van der Waals surface area contributed by atoms with Crippen LogP contribution >= 0.6 is 0 Å². The van der Waals surface area contributed by atoms with Crippen LogP contribution < -0.4 is 15.8 Å². The lowest BCUT2D eigenvalue weighted by Gasteiger charge is -2.15. The smallest absolute Gasteiger partial charge is 0.220 e. The van der Waals surface area contributed by atoms with Crippen molar-refractivity contribution in [1.82, 2.24) is 5.32 Å². The molecule has 0 spiro atoms. The van der Waals surface area contributed by atoms with Gasteiger partial charge >= 0.3 is 0 Å². The maximum atomic E-state index is 11.8. The molecule has 0 unspecified atom stereocenters. The molecule has 19 heavy (non-hydrogen) atoms. The number of amides is 1. The fourth-order valence-electron chi connectivity index (χ4n) is 1.91. The normalized spacial score (nSPS) is 11.9. The largest absolute Gasteiger partial charge is 0.497 e. The topological polar surface area (TPSA) is 64.3 Å². The van der Waals surface area contributed by atoms with Gasteiger partial charge in [-0.1, -0.05) is 18.6 Å². The Morgan fingerprint density at radius 1 is 1.37 bits per heavy atom. The van der Waals surface area contributed by atoms with E-state index in [-0.39, 0.29) is 11.9 Å². The highest BCUT2D eigenvalue weighted by atomic mass is 16.5. The summed E-state index contributed by atoms with van der Waals surface area (Å²) >= 11 is 0. The van der Waals surface area contributed by atoms with Crippen molar-refractivity contribution >= 4 is 5.91 Å². The van der Waals surface area contributed by atoms with Crippen LogP contribution in [0.2, 0.25) is 0 Å². The molecule has 0 fully saturated rings. The molecule has 0 aliphatic carbocycles. The van der Waals surface area contributed by atoms with Crippen molar-refractivity contribution in [3.8, 4) is 5.75 Å². The number of unbranched alkanes of at least 4 members (excludes halogenated alkanes) is 2. The van der Waals surface area contributed by atoms with Gasteiger partial charge < -0.3 is 15.8 Å². The van der Waals surface area contributed by atoms with Gasteiger partial charge in [0.15, 0.2) is 0 Å². The van der Waals surface area contributed by atoms with Crippen molar-refractivity contribution < 1.29 is 9.53 Å². The fourth-order valence-corrected chi connectivity index (χ4v) is 1.91. The van der Waals surface area contributed by atoms with Crippen molar-refractivity contribution in [3.05, 3.63) is 29.8 Å². The van der Waals surface area contributed by atoms with Crippen molar-refractivity contribution in [2.24, 2.45) is 5.73 Å². The van der Waals surface area contributed by atoms with Crippen LogP contribution in [-0.4, -0.2) is 19.6 Å². The SMILES string of the molecule is COc1cccc([C@@H](C)NC(=O)CCCCCN)c1. The van der Waals surface area contributed by atoms with Crippen molar-refractivity contribution in [2.45, 2.75) is 38.6 Å². The number of nitrogens with two attached hydrogens (primary N) is 1. The number of nitrogens with one attached hydrogen (secondary N) is 1. The molecular weight excluding hydrogens is 240 g/mol. The maximum Gasteiger partial charge on any atom is 0.220 e. The van der Waals surface area contributed by atoms with Crippen LogP contribution in [0.3, 0.4) is 0 Å². The number of benzene rings is 1. The van der Waals surface area contributed by atoms with Gasteiger partial charge in [0, 0.05) is 6.42 Å². The summed E-state index contributed by atoms with van der Waals surface area (Å²) < 4.78 is 5.18. The summed E-state index contributed by atoms with van der Waals surface area (Å²) in [4.78, 5) is 11.8. The molecule has 0 saturated heterocycles. The summed E-state index contributed by atoms with van der Waals surface area (Å²) in [5.74, 6) is 0.897. The lowest BCUT2D eigenvalue weighted by molar-refractivity contribution is -0.121. The van der Waals surface area contributed by atoms with E-state index in [0.29, 0.717) is 13.0 Å². The van der Waals surface area contributed by atoms with E-state index in [2.05, 4.69) is 5.32 Å². The molecule has 0 radical (unpaired) electrons. The van der Waals surface area contributed by atoms with Crippen molar-refractivity contribution in [3.63, 3.8) is 0 Å². The number of rotatable bonds is 8. The zero-order valence-corrected chi connectivity index (χ0v) is 11.8. The summed E-state index contributed by atoms with van der Waals surface area (Å²) in [7, 11) is 1.64. The third-order valence-electron chi connectivity index (χ3n) is 3.08. The van der Waals surface area contributed by atoms with Gasteiger partial charge in [-0.05, 0) is 44.0 Å². The molecule has 1 atom stereocenters. The molecule has 1 aromatic rings. The van der Waals surface area contributed by atoms with Crippen LogP contribution in [0, 0.1) is 0 Å². The lowest BCUT2D eigenvalue weighted by Crippen LogP contribution is -2.26. The lowest BCUT2D eigenvalue weighted by atomic mass is 10.1. The molecule has 1 aromatic carbocycles. The summed E-state index contributed by atoms with van der Waals surface area (Å²) in [5, 5.41) is 3.00. The van der Waals surface area contributed by atoms with Gasteiger partial charge in [0.05, 0.1) is 13.2 Å². The van der Waals surface area contributed by atoms with Crippen LogP contribution in [-0.2, 0) is 4.79 Å². The summed E-state index contributed by atoms with van der Waals surface area (Å²) in [5.41, 5.74) is 6.47. The Kier molecular flexibility index (Phi) is 6.97. The molecule has 0 aliphatic heterocycles. The first kappa shape index (κ1) is 15.5. The molecule has 0 aliphatic rings. The van der Waals surface area contributed by atoms with Gasteiger partial charge in [0.2, 0.25) is 5.91 Å². The molecular formula is C15H24N2O2. The summed E-state index contributed by atoms with van der Waals surface area (Å²) in [6.07, 6.45) is 3.46. The Bertz CT molecular complexity index is 393. The standard InChI is InChI=1S/C15H24N2O2/c1-12(13-7-6-8-14(11-13)19-2)17-15(18)9-4-3-5-10-16/h6-8,11-12H,3-5,9-10,16H2,1-2H3,(H,17,18)/t12-/m1/s1. The minimum absolute atomic E-state index is 0.00268. The maximum absolute atomic E-state index is 11.8. The number of hydrogen-bond donors (Lipinski definition) is 2. The van der Waals surface area contributed by atoms with Gasteiger partial charge in [-0.25, -0.2) is 0 Å². The average molecular weight is 264 g/mol. The molecule has 0 saturated carbocycles. The summed E-state index contributed by atoms with van der Waals surface area (Å²) in [6.45, 7) is 2.67. The highest BCUT2D eigenvalue weighted by molar-refractivity contribution is 5.76. The van der Waals surface area contributed by atoms with Gasteiger partial charge in [0.25, 0.3) is 0 Å². The third-order valence-corrected chi connectivity index (χ3v) is 3.08. The highest BCUT2D eigenvalue weighted by Crippen LogP contribution is 2.18. The van der Waals surface area contributed by atoms with Gasteiger partial charge in [-0.3, -0.25) is 4.79 Å². The minimum atomic E-state index is -0.00268. The van der Waals surface area contributed by atoms with E-state index in [0.717, 1.165) is 30.6 Å². The Morgan fingerprint density at radius 2 is 2.16 bits per heavy atom. The average Bonchev–Trinajstić information content (AvgIpc) is 2.43. The number of carbonyl (C=O) groups is 1. The molecule has 0 aromatic heterocycles. The zero-order chi connectivity index (χ0) is 14.1. The van der Waals surface area contributed by atoms with Gasteiger partial charge in [-0.2, -0.15) is 0 Å². The molecule has 1 amide bonds. The molecule has 0 bridgehead atoms. The Labute approximate surface area is 115 Å². The highest BCUT2D eigenvalue weighted by Gasteiger charge is 2.09. The molecule has 106 valence electrons. The molecule has 0 heterocycles. The van der Waals surface area contributed by atoms with Crippen molar-refractivity contribution in [1.29, 1.82) is 0 Å². The Hall–Kier alpha value is -1.55. The Morgan fingerprint density at radius 3 is 2.84 bits per heavy atom. The summed E-state index contributed by atoms with van der Waals surface area (Å²) in [6, 6.07) is 7.75. The Balaban J connectivity index is 2.40. The minimum Gasteiger partial charge on any atom is -0.497 e. The van der Waals surface area contributed by atoms with Gasteiger partial charge in [0.1, 0.15) is 5.75 Å². The second-order valence-corrected chi connectivity index (χ2v) is 4.67. The first-order valence-electron chi connectivity index (χ1n) is 6.80. The monoisotopic (exact) mass is 264 g/mol. The van der Waals surface area contributed by atoms with E-state index in [4.69, 9.17) is 10.5 Å². The predicted octanol–water partition coefficient (Wildman–Crippen LogP) is 2.39. The zero-order valence-electron chi connectivity index (χ0n) is 11.8. The van der Waals surface area contributed by atoms with Crippen molar-refractivity contribution in [2.75, 3.05) is 13.7 Å². The molecule has 4 heteroatoms. The number of methoxy groups -OCH3 is 1. The van der Waals surface area contributed by atoms with E-state index >= 15 is 0 Å². The predicted molar refractivity (Wildman–Crippen MR) is 77.1 cm³/mol. The first-order chi connectivity index (χ1) is 9.17. The fraction of sp³-hybridized carbons (Fsp3) is 0.533. The van der Waals surface area contributed by atoms with Crippen LogP contribution in [0.25, 0.3) is 0 Å². The second-order valence-electron chi connectivity index (χ2n) is 4.67. The van der Waals surface area contributed by atoms with E-state index in [1.165, 1.54) is 0 Å². The van der Waals surface area contributed by atoms with E-state index < -0.39 is 0 Å². The van der Waals surface area contributed by atoms with E-state index in [1.54, 1.807) is 7.11 Å². The third kappa shape index (κ3) is 5.75.